The Morgan fingerprint density at radius 2 is 1.50 bits per heavy atom. The summed E-state index contributed by atoms with van der Waals surface area (Å²) in [6.45, 7) is 1.36. The van der Waals surface area contributed by atoms with Gasteiger partial charge in [-0.3, -0.25) is 9.69 Å². The molecule has 4 unspecified atom stereocenters. The van der Waals surface area contributed by atoms with Crippen molar-refractivity contribution in [3.05, 3.63) is 0 Å². The fraction of sp³-hybridized carbons (Fsp3) is 0.960. The fourth-order valence-corrected chi connectivity index (χ4v) is 7.39. The highest BCUT2D eigenvalue weighted by atomic mass is 16.4. The summed E-state index contributed by atoms with van der Waals surface area (Å²) in [5, 5.41) is 9.12. The number of nitrogens with zero attached hydrogens (tertiary/aromatic N) is 1. The first-order valence-electron chi connectivity index (χ1n) is 12.7. The Morgan fingerprint density at radius 3 is 2.21 bits per heavy atom. The van der Waals surface area contributed by atoms with Gasteiger partial charge in [0.1, 0.15) is 0 Å². The summed E-state index contributed by atoms with van der Waals surface area (Å²) in [6, 6.07) is 1.68. The van der Waals surface area contributed by atoms with Crippen LogP contribution in [0.15, 0.2) is 0 Å². The van der Waals surface area contributed by atoms with E-state index in [0.717, 1.165) is 36.3 Å². The molecular formula is C25H43NO2. The third kappa shape index (κ3) is 5.12. The minimum atomic E-state index is -0.605. The number of fused-ring (bicyclic) bond motifs is 1. The number of rotatable bonds is 7. The maximum atomic E-state index is 11.1. The number of likely N-dealkylation sites (tertiary alicyclic amines) is 1. The van der Waals surface area contributed by atoms with Gasteiger partial charge < -0.3 is 5.11 Å². The Kier molecular flexibility index (Phi) is 7.36. The molecule has 0 spiro atoms. The van der Waals surface area contributed by atoms with E-state index in [1.807, 2.05) is 0 Å². The zero-order valence-corrected chi connectivity index (χ0v) is 18.0. The van der Waals surface area contributed by atoms with Gasteiger partial charge in [0.2, 0.25) is 0 Å². The molecule has 4 rings (SSSR count). The van der Waals surface area contributed by atoms with Crippen LogP contribution in [0.5, 0.6) is 0 Å². The van der Waals surface area contributed by atoms with Crippen molar-refractivity contribution in [1.29, 1.82) is 0 Å². The normalized spacial score (nSPS) is 35.7. The summed E-state index contributed by atoms with van der Waals surface area (Å²) in [6.07, 6.45) is 22.7. The predicted octanol–water partition coefficient (Wildman–Crippen LogP) is 6.26. The van der Waals surface area contributed by atoms with Crippen molar-refractivity contribution in [2.45, 2.75) is 121 Å². The molecule has 3 nitrogen and oxygen atoms in total. The van der Waals surface area contributed by atoms with Gasteiger partial charge in [0.25, 0.3) is 0 Å². The Morgan fingerprint density at radius 1 is 0.786 bits per heavy atom. The SMILES string of the molecule is O=C(O)CCC1CCC2C(C1)C(CCC1CCCCC1)CN2C1CCCCC1. The molecule has 0 amide bonds. The highest BCUT2D eigenvalue weighted by molar-refractivity contribution is 5.66. The lowest BCUT2D eigenvalue weighted by molar-refractivity contribution is -0.137. The molecule has 4 atom stereocenters. The van der Waals surface area contributed by atoms with Crippen LogP contribution >= 0.6 is 0 Å². The summed E-state index contributed by atoms with van der Waals surface area (Å²) < 4.78 is 0. The van der Waals surface area contributed by atoms with Crippen LogP contribution < -0.4 is 0 Å². The van der Waals surface area contributed by atoms with E-state index in [2.05, 4.69) is 4.90 Å². The van der Waals surface area contributed by atoms with Crippen molar-refractivity contribution in [1.82, 2.24) is 4.90 Å². The molecule has 0 aromatic carbocycles. The van der Waals surface area contributed by atoms with Gasteiger partial charge in [-0.1, -0.05) is 57.8 Å². The van der Waals surface area contributed by atoms with E-state index in [1.165, 1.54) is 103 Å². The van der Waals surface area contributed by atoms with Gasteiger partial charge in [0.15, 0.2) is 0 Å². The van der Waals surface area contributed by atoms with Crippen molar-refractivity contribution >= 4 is 5.97 Å². The second-order valence-corrected chi connectivity index (χ2v) is 10.7. The van der Waals surface area contributed by atoms with Gasteiger partial charge >= 0.3 is 5.97 Å². The lowest BCUT2D eigenvalue weighted by atomic mass is 9.71. The van der Waals surface area contributed by atoms with E-state index in [-0.39, 0.29) is 0 Å². The van der Waals surface area contributed by atoms with Crippen molar-refractivity contribution < 1.29 is 9.90 Å². The first-order valence-corrected chi connectivity index (χ1v) is 12.7. The molecule has 4 fully saturated rings. The Bertz CT molecular complexity index is 495. The molecular weight excluding hydrogens is 346 g/mol. The second kappa shape index (κ2) is 9.96. The highest BCUT2D eigenvalue weighted by Gasteiger charge is 2.46. The van der Waals surface area contributed by atoms with Crippen LogP contribution in [0.4, 0.5) is 0 Å². The lowest BCUT2D eigenvalue weighted by Crippen LogP contribution is -2.43. The van der Waals surface area contributed by atoms with Gasteiger partial charge in [-0.15, -0.1) is 0 Å². The second-order valence-electron chi connectivity index (χ2n) is 10.7. The Hall–Kier alpha value is -0.570. The summed E-state index contributed by atoms with van der Waals surface area (Å²) in [7, 11) is 0. The Balaban J connectivity index is 1.38. The molecule has 3 aliphatic carbocycles. The molecule has 0 bridgehead atoms. The average Bonchev–Trinajstić information content (AvgIpc) is 3.10. The first kappa shape index (κ1) is 20.7. The smallest absolute Gasteiger partial charge is 0.303 e. The number of hydrogen-bond acceptors (Lipinski definition) is 2. The van der Waals surface area contributed by atoms with Crippen molar-refractivity contribution in [2.24, 2.45) is 23.7 Å². The number of hydrogen-bond donors (Lipinski definition) is 1. The summed E-state index contributed by atoms with van der Waals surface area (Å²) in [4.78, 5) is 14.0. The van der Waals surface area contributed by atoms with Gasteiger partial charge in [-0.05, 0) is 68.6 Å². The van der Waals surface area contributed by atoms with Crippen LogP contribution in [0.2, 0.25) is 0 Å². The zero-order chi connectivity index (χ0) is 19.3. The lowest BCUT2D eigenvalue weighted by Gasteiger charge is -2.41. The number of aliphatic carboxylic acids is 1. The predicted molar refractivity (Wildman–Crippen MR) is 114 cm³/mol. The molecule has 4 aliphatic rings. The van der Waals surface area contributed by atoms with Crippen molar-refractivity contribution in [3.63, 3.8) is 0 Å². The third-order valence-corrected chi connectivity index (χ3v) is 8.93. The minimum absolute atomic E-state index is 0.376. The van der Waals surface area contributed by atoms with E-state index < -0.39 is 5.97 Å². The largest absolute Gasteiger partial charge is 0.481 e. The number of carbonyl (C=O) groups is 1. The zero-order valence-electron chi connectivity index (χ0n) is 18.0. The Labute approximate surface area is 172 Å². The molecule has 0 aromatic heterocycles. The fourth-order valence-electron chi connectivity index (χ4n) is 7.39. The van der Waals surface area contributed by atoms with Crippen LogP contribution in [0.25, 0.3) is 0 Å². The van der Waals surface area contributed by atoms with Gasteiger partial charge in [0.05, 0.1) is 0 Å². The molecule has 3 heteroatoms. The van der Waals surface area contributed by atoms with Gasteiger partial charge in [-0.25, -0.2) is 0 Å². The molecule has 1 heterocycles. The number of carboxylic acids is 1. The van der Waals surface area contributed by atoms with Crippen molar-refractivity contribution in [3.8, 4) is 0 Å². The quantitative estimate of drug-likeness (QED) is 0.558. The van der Waals surface area contributed by atoms with Crippen LogP contribution in [-0.4, -0.2) is 34.6 Å². The van der Waals surface area contributed by atoms with E-state index in [4.69, 9.17) is 5.11 Å². The molecule has 1 saturated heterocycles. The van der Waals surface area contributed by atoms with Crippen LogP contribution in [0.3, 0.4) is 0 Å². The third-order valence-electron chi connectivity index (χ3n) is 8.93. The molecule has 1 aliphatic heterocycles. The average molecular weight is 390 g/mol. The van der Waals surface area contributed by atoms with Crippen LogP contribution in [0, 0.1) is 23.7 Å². The molecule has 1 N–H and O–H groups in total. The molecule has 0 aromatic rings. The van der Waals surface area contributed by atoms with Crippen LogP contribution in [-0.2, 0) is 4.79 Å². The maximum Gasteiger partial charge on any atom is 0.303 e. The van der Waals surface area contributed by atoms with E-state index in [1.54, 1.807) is 0 Å². The van der Waals surface area contributed by atoms with E-state index >= 15 is 0 Å². The standard InChI is InChI=1S/C25H43NO2/c27-25(28)16-13-20-12-15-24-23(17-20)21(14-11-19-7-3-1-4-8-19)18-26(24)22-9-5-2-6-10-22/h19-24H,1-18H2,(H,27,28). The van der Waals surface area contributed by atoms with E-state index in [9.17, 15) is 4.79 Å². The first-order chi connectivity index (χ1) is 13.7. The molecule has 160 valence electrons. The maximum absolute atomic E-state index is 11.1. The van der Waals surface area contributed by atoms with Crippen molar-refractivity contribution in [2.75, 3.05) is 6.54 Å². The highest BCUT2D eigenvalue weighted by Crippen LogP contribution is 2.47. The minimum Gasteiger partial charge on any atom is -0.481 e. The summed E-state index contributed by atoms with van der Waals surface area (Å²) >= 11 is 0. The van der Waals surface area contributed by atoms with Crippen LogP contribution in [0.1, 0.15) is 109 Å². The van der Waals surface area contributed by atoms with E-state index in [0.29, 0.717) is 12.3 Å². The molecule has 0 radical (unpaired) electrons. The van der Waals surface area contributed by atoms with Gasteiger partial charge in [0, 0.05) is 25.0 Å². The summed E-state index contributed by atoms with van der Waals surface area (Å²) in [5.74, 6) is 2.81. The summed E-state index contributed by atoms with van der Waals surface area (Å²) in [5.41, 5.74) is 0. The monoisotopic (exact) mass is 389 g/mol. The molecule has 28 heavy (non-hydrogen) atoms. The number of carboxylic acid groups (broad SMARTS) is 1. The van der Waals surface area contributed by atoms with Gasteiger partial charge in [-0.2, -0.15) is 0 Å². The topological polar surface area (TPSA) is 40.5 Å². The molecule has 3 saturated carbocycles.